The number of ether oxygens (including phenoxy) is 2. The Hall–Kier alpha value is -3.62. The first kappa shape index (κ1) is 20.0. The van der Waals surface area contributed by atoms with Crippen molar-refractivity contribution in [1.82, 2.24) is 20.0 Å². The number of hydrogen-bond donors (Lipinski definition) is 0. The number of carbonyl (C=O) groups is 1. The number of piperazine rings is 1. The van der Waals surface area contributed by atoms with E-state index in [-0.39, 0.29) is 12.7 Å². The van der Waals surface area contributed by atoms with Gasteiger partial charge >= 0.3 is 0 Å². The van der Waals surface area contributed by atoms with Crippen molar-refractivity contribution in [3.05, 3.63) is 48.0 Å². The van der Waals surface area contributed by atoms with Gasteiger partial charge in [-0.25, -0.2) is 4.98 Å². The van der Waals surface area contributed by atoms with Gasteiger partial charge in [0.2, 0.25) is 18.5 Å². The zero-order chi connectivity index (χ0) is 22.2. The summed E-state index contributed by atoms with van der Waals surface area (Å²) in [6, 6.07) is 9.30. The van der Waals surface area contributed by atoms with E-state index in [1.165, 1.54) is 12.8 Å². The molecule has 1 amide bonds. The van der Waals surface area contributed by atoms with Gasteiger partial charge in [0.15, 0.2) is 11.5 Å². The van der Waals surface area contributed by atoms with Gasteiger partial charge in [0, 0.05) is 49.4 Å². The van der Waals surface area contributed by atoms with Crippen LogP contribution in [0.2, 0.25) is 0 Å². The maximum Gasteiger partial charge on any atom is 0.254 e. The van der Waals surface area contributed by atoms with Crippen LogP contribution in [0.25, 0.3) is 11.4 Å². The number of benzene rings is 1. The number of hydrogen-bond acceptors (Lipinski definition) is 8. The third-order valence-electron chi connectivity index (χ3n) is 6.66. The van der Waals surface area contributed by atoms with Crippen LogP contribution in [-0.4, -0.2) is 58.9 Å². The fourth-order valence-corrected chi connectivity index (χ4v) is 4.75. The van der Waals surface area contributed by atoms with Crippen LogP contribution in [-0.2, 0) is 0 Å². The number of nitrogens with zero attached hydrogens (tertiary/aromatic N) is 5. The highest BCUT2D eigenvalue weighted by Crippen LogP contribution is 2.34. The second-order valence-corrected chi connectivity index (χ2v) is 8.69. The van der Waals surface area contributed by atoms with Crippen molar-refractivity contribution in [3.63, 3.8) is 0 Å². The minimum Gasteiger partial charge on any atom is -0.454 e. The zero-order valence-corrected chi connectivity index (χ0v) is 18.3. The molecule has 4 heterocycles. The average Bonchev–Trinajstić information content (AvgIpc) is 3.64. The highest BCUT2D eigenvalue weighted by molar-refractivity contribution is 5.95. The summed E-state index contributed by atoms with van der Waals surface area (Å²) >= 11 is 0. The van der Waals surface area contributed by atoms with E-state index >= 15 is 0 Å². The predicted molar refractivity (Wildman–Crippen MR) is 119 cm³/mol. The molecule has 0 atom stereocenters. The maximum atomic E-state index is 12.9. The Labute approximate surface area is 191 Å². The van der Waals surface area contributed by atoms with Crippen LogP contribution in [0.15, 0.2) is 41.1 Å². The second kappa shape index (κ2) is 8.38. The molecule has 1 aromatic carbocycles. The summed E-state index contributed by atoms with van der Waals surface area (Å²) in [7, 11) is 0. The number of fused-ring (bicyclic) bond motifs is 1. The van der Waals surface area contributed by atoms with Crippen molar-refractivity contribution in [2.45, 2.75) is 31.6 Å². The standard InChI is InChI=1S/C24H25N5O4/c30-24(17-5-7-19-20(13-17)32-15-31-19)29-11-9-28(10-12-29)21-8-6-18(14-25-21)22-26-23(33-27-22)16-3-1-2-4-16/h5-8,13-14,16H,1-4,9-12,15H2. The molecule has 3 aliphatic rings. The number of carbonyl (C=O) groups excluding carboxylic acids is 1. The number of aromatic nitrogens is 3. The largest absolute Gasteiger partial charge is 0.454 e. The predicted octanol–water partition coefficient (Wildman–Crippen LogP) is 3.48. The lowest BCUT2D eigenvalue weighted by molar-refractivity contribution is 0.0746. The Balaban J connectivity index is 1.08. The van der Waals surface area contributed by atoms with Crippen molar-refractivity contribution in [1.29, 1.82) is 0 Å². The smallest absolute Gasteiger partial charge is 0.254 e. The molecular weight excluding hydrogens is 422 g/mol. The van der Waals surface area contributed by atoms with Gasteiger partial charge in [-0.2, -0.15) is 4.98 Å². The van der Waals surface area contributed by atoms with Crippen LogP contribution in [0, 0.1) is 0 Å². The van der Waals surface area contributed by atoms with Crippen LogP contribution in [0.5, 0.6) is 11.5 Å². The molecule has 1 aliphatic carbocycles. The summed E-state index contributed by atoms with van der Waals surface area (Å²) in [6.07, 6.45) is 6.51. The van der Waals surface area contributed by atoms with Crippen LogP contribution in [0.1, 0.15) is 47.8 Å². The quantitative estimate of drug-likeness (QED) is 0.600. The van der Waals surface area contributed by atoms with Gasteiger partial charge < -0.3 is 23.8 Å². The molecule has 9 nitrogen and oxygen atoms in total. The highest BCUT2D eigenvalue weighted by atomic mass is 16.7. The number of rotatable bonds is 4. The Morgan fingerprint density at radius 3 is 2.58 bits per heavy atom. The van der Waals surface area contributed by atoms with Gasteiger partial charge in [-0.05, 0) is 43.2 Å². The number of pyridine rings is 1. The van der Waals surface area contributed by atoms with Gasteiger partial charge in [-0.15, -0.1) is 0 Å². The summed E-state index contributed by atoms with van der Waals surface area (Å²) in [5.74, 6) is 3.93. The molecule has 170 valence electrons. The highest BCUT2D eigenvalue weighted by Gasteiger charge is 2.26. The van der Waals surface area contributed by atoms with Crippen LogP contribution >= 0.6 is 0 Å². The molecule has 2 aliphatic heterocycles. The Morgan fingerprint density at radius 1 is 0.970 bits per heavy atom. The van der Waals surface area contributed by atoms with Crippen molar-refractivity contribution >= 4 is 11.7 Å². The fourth-order valence-electron chi connectivity index (χ4n) is 4.75. The average molecular weight is 447 g/mol. The lowest BCUT2D eigenvalue weighted by Crippen LogP contribution is -2.49. The molecule has 2 fully saturated rings. The number of anilines is 1. The topological polar surface area (TPSA) is 93.8 Å². The molecule has 6 rings (SSSR count). The molecule has 9 heteroatoms. The Bertz CT molecular complexity index is 1150. The van der Waals surface area contributed by atoms with Crippen molar-refractivity contribution in [2.75, 3.05) is 37.9 Å². The van der Waals surface area contributed by atoms with Gasteiger partial charge in [0.1, 0.15) is 5.82 Å². The first-order chi connectivity index (χ1) is 16.2. The summed E-state index contributed by atoms with van der Waals surface area (Å²) in [4.78, 5) is 26.2. The molecule has 0 bridgehead atoms. The third kappa shape index (κ3) is 3.88. The Morgan fingerprint density at radius 2 is 1.79 bits per heavy atom. The van der Waals surface area contributed by atoms with Crippen LogP contribution in [0.3, 0.4) is 0 Å². The maximum absolute atomic E-state index is 12.9. The molecule has 1 saturated heterocycles. The molecule has 0 N–H and O–H groups in total. The van der Waals surface area contributed by atoms with E-state index in [9.17, 15) is 4.79 Å². The summed E-state index contributed by atoms with van der Waals surface area (Å²) in [6.45, 7) is 2.90. The molecule has 2 aromatic heterocycles. The van der Waals surface area contributed by atoms with Gasteiger partial charge in [-0.3, -0.25) is 4.79 Å². The SMILES string of the molecule is O=C(c1ccc2c(c1)OCO2)N1CCN(c2ccc(-c3noc(C4CCCC4)n3)cn2)CC1. The molecule has 3 aromatic rings. The summed E-state index contributed by atoms with van der Waals surface area (Å²) in [5.41, 5.74) is 1.47. The van der Waals surface area contributed by atoms with E-state index in [2.05, 4.69) is 20.0 Å². The molecule has 1 saturated carbocycles. The molecular formula is C24H25N5O4. The first-order valence-corrected chi connectivity index (χ1v) is 11.5. The van der Waals surface area contributed by atoms with Crippen molar-refractivity contribution in [3.8, 4) is 22.9 Å². The van der Waals surface area contributed by atoms with E-state index < -0.39 is 0 Å². The minimum absolute atomic E-state index is 0.00595. The lowest BCUT2D eigenvalue weighted by Gasteiger charge is -2.35. The van der Waals surface area contributed by atoms with E-state index in [4.69, 9.17) is 14.0 Å². The fraction of sp³-hybridized carbons (Fsp3) is 0.417. The van der Waals surface area contributed by atoms with E-state index in [0.29, 0.717) is 41.9 Å². The normalized spacial score (nSPS) is 18.2. The minimum atomic E-state index is 0.00595. The first-order valence-electron chi connectivity index (χ1n) is 11.5. The van der Waals surface area contributed by atoms with Gasteiger partial charge in [0.05, 0.1) is 0 Å². The van der Waals surface area contributed by atoms with Crippen LogP contribution < -0.4 is 14.4 Å². The lowest BCUT2D eigenvalue weighted by atomic mass is 10.1. The monoisotopic (exact) mass is 447 g/mol. The van der Waals surface area contributed by atoms with Crippen molar-refractivity contribution < 1.29 is 18.8 Å². The van der Waals surface area contributed by atoms with E-state index in [1.807, 2.05) is 17.0 Å². The number of amides is 1. The summed E-state index contributed by atoms with van der Waals surface area (Å²) in [5, 5.41) is 4.15. The van der Waals surface area contributed by atoms with Gasteiger partial charge in [-0.1, -0.05) is 18.0 Å². The van der Waals surface area contributed by atoms with Crippen molar-refractivity contribution in [2.24, 2.45) is 0 Å². The third-order valence-corrected chi connectivity index (χ3v) is 6.66. The second-order valence-electron chi connectivity index (χ2n) is 8.69. The molecule has 0 spiro atoms. The Kier molecular flexibility index (Phi) is 5.09. The zero-order valence-electron chi connectivity index (χ0n) is 18.3. The molecule has 33 heavy (non-hydrogen) atoms. The van der Waals surface area contributed by atoms with Gasteiger partial charge in [0.25, 0.3) is 5.91 Å². The van der Waals surface area contributed by atoms with Crippen LogP contribution in [0.4, 0.5) is 5.82 Å². The molecule has 0 unspecified atom stereocenters. The van der Waals surface area contributed by atoms with E-state index in [0.717, 1.165) is 43.2 Å². The summed E-state index contributed by atoms with van der Waals surface area (Å²) < 4.78 is 16.2. The van der Waals surface area contributed by atoms with E-state index in [1.54, 1.807) is 24.4 Å². The molecule has 0 radical (unpaired) electrons.